The highest BCUT2D eigenvalue weighted by Gasteiger charge is 2.40. The molecule has 1 aliphatic rings. The molecule has 0 N–H and O–H groups in total. The zero-order valence-electron chi connectivity index (χ0n) is 14.3. The SMILES string of the molecule is CC1(C)CN(c2ccc(S(=O)(=O)C(F)F)cc2[N+](=O)[O-])CC(C)(C)O1. The third-order valence-electron chi connectivity index (χ3n) is 3.74. The molecule has 140 valence electrons. The molecule has 1 saturated heterocycles. The van der Waals surface area contributed by atoms with Crippen LogP contribution in [0.2, 0.25) is 0 Å². The summed E-state index contributed by atoms with van der Waals surface area (Å²) in [6, 6.07) is 2.86. The summed E-state index contributed by atoms with van der Waals surface area (Å²) in [6.45, 7) is 8.01. The van der Waals surface area contributed by atoms with Crippen LogP contribution in [0.25, 0.3) is 0 Å². The summed E-state index contributed by atoms with van der Waals surface area (Å²) in [5.74, 6) is -3.64. The summed E-state index contributed by atoms with van der Waals surface area (Å²) in [4.78, 5) is 11.6. The van der Waals surface area contributed by atoms with Crippen molar-refractivity contribution >= 4 is 21.2 Å². The second-order valence-corrected chi connectivity index (χ2v) is 9.11. The van der Waals surface area contributed by atoms with E-state index in [0.717, 1.165) is 6.07 Å². The molecule has 2 rings (SSSR count). The maximum Gasteiger partial charge on any atom is 0.341 e. The quantitative estimate of drug-likeness (QED) is 0.591. The summed E-state index contributed by atoms with van der Waals surface area (Å²) in [6.07, 6.45) is 0. The number of nitro benzene ring substituents is 1. The average Bonchev–Trinajstić information content (AvgIpc) is 2.43. The highest BCUT2D eigenvalue weighted by Crippen LogP contribution is 2.37. The Kier molecular flexibility index (Phi) is 4.81. The highest BCUT2D eigenvalue weighted by atomic mass is 32.2. The lowest BCUT2D eigenvalue weighted by Crippen LogP contribution is -2.57. The van der Waals surface area contributed by atoms with E-state index in [9.17, 15) is 27.3 Å². The number of morpholine rings is 1. The van der Waals surface area contributed by atoms with Crippen LogP contribution in [0.15, 0.2) is 23.1 Å². The molecule has 7 nitrogen and oxygen atoms in total. The molecule has 0 aromatic heterocycles. The van der Waals surface area contributed by atoms with Crippen molar-refractivity contribution in [2.24, 2.45) is 0 Å². The molecule has 0 unspecified atom stereocenters. The Morgan fingerprint density at radius 3 is 2.16 bits per heavy atom. The van der Waals surface area contributed by atoms with Crippen LogP contribution in [-0.4, -0.2) is 43.4 Å². The number of benzene rings is 1. The topological polar surface area (TPSA) is 89.8 Å². The van der Waals surface area contributed by atoms with E-state index in [1.54, 1.807) is 4.90 Å². The molecule has 1 aromatic rings. The molecule has 0 spiro atoms. The van der Waals surface area contributed by atoms with Gasteiger partial charge in [-0.2, -0.15) is 8.78 Å². The number of hydrogen-bond acceptors (Lipinski definition) is 6. The molecular weight excluding hydrogens is 358 g/mol. The van der Waals surface area contributed by atoms with Crippen molar-refractivity contribution in [1.82, 2.24) is 0 Å². The van der Waals surface area contributed by atoms with Gasteiger partial charge in [0, 0.05) is 19.2 Å². The van der Waals surface area contributed by atoms with Crippen molar-refractivity contribution in [2.75, 3.05) is 18.0 Å². The summed E-state index contributed by atoms with van der Waals surface area (Å²) >= 11 is 0. The number of ether oxygens (including phenoxy) is 1. The second-order valence-electron chi connectivity index (χ2n) is 7.19. The molecular formula is C15H20F2N2O5S. The predicted molar refractivity (Wildman–Crippen MR) is 87.7 cm³/mol. The fraction of sp³-hybridized carbons (Fsp3) is 0.600. The Labute approximate surface area is 144 Å². The number of halogens is 2. The minimum Gasteiger partial charge on any atom is -0.366 e. The number of hydrogen-bond donors (Lipinski definition) is 0. The van der Waals surface area contributed by atoms with Crippen LogP contribution in [0.1, 0.15) is 27.7 Å². The maximum atomic E-state index is 12.7. The first-order chi connectivity index (χ1) is 11.3. The van der Waals surface area contributed by atoms with Crippen LogP contribution >= 0.6 is 0 Å². The van der Waals surface area contributed by atoms with Gasteiger partial charge in [-0.25, -0.2) is 8.42 Å². The fourth-order valence-corrected chi connectivity index (χ4v) is 3.89. The number of sulfone groups is 1. The smallest absolute Gasteiger partial charge is 0.341 e. The summed E-state index contributed by atoms with van der Waals surface area (Å²) < 4.78 is 54.5. The molecule has 0 amide bonds. The van der Waals surface area contributed by atoms with Gasteiger partial charge in [0.1, 0.15) is 5.69 Å². The number of nitrogens with zero attached hydrogens (tertiary/aromatic N) is 2. The average molecular weight is 378 g/mol. The van der Waals surface area contributed by atoms with Gasteiger partial charge in [-0.1, -0.05) is 0 Å². The monoisotopic (exact) mass is 378 g/mol. The number of rotatable bonds is 4. The van der Waals surface area contributed by atoms with Gasteiger partial charge in [-0.05, 0) is 39.8 Å². The number of alkyl halides is 2. The first-order valence-electron chi connectivity index (χ1n) is 7.51. The Morgan fingerprint density at radius 1 is 1.20 bits per heavy atom. The first-order valence-corrected chi connectivity index (χ1v) is 9.05. The molecule has 1 aromatic carbocycles. The van der Waals surface area contributed by atoms with E-state index in [2.05, 4.69) is 0 Å². The van der Waals surface area contributed by atoms with E-state index in [4.69, 9.17) is 4.74 Å². The van der Waals surface area contributed by atoms with Gasteiger partial charge in [0.15, 0.2) is 0 Å². The van der Waals surface area contributed by atoms with Crippen LogP contribution < -0.4 is 4.90 Å². The minimum absolute atomic E-state index is 0.169. The van der Waals surface area contributed by atoms with E-state index < -0.39 is 42.3 Å². The minimum atomic E-state index is -4.91. The van der Waals surface area contributed by atoms with E-state index in [1.165, 1.54) is 6.07 Å². The van der Waals surface area contributed by atoms with Crippen molar-refractivity contribution in [1.29, 1.82) is 0 Å². The van der Waals surface area contributed by atoms with Crippen LogP contribution in [-0.2, 0) is 14.6 Å². The van der Waals surface area contributed by atoms with Crippen molar-refractivity contribution in [3.8, 4) is 0 Å². The Balaban J connectivity index is 2.54. The van der Waals surface area contributed by atoms with Gasteiger partial charge in [-0.3, -0.25) is 10.1 Å². The molecule has 1 aliphatic heterocycles. The Morgan fingerprint density at radius 2 is 1.72 bits per heavy atom. The van der Waals surface area contributed by atoms with Crippen molar-refractivity contribution < 1.29 is 26.9 Å². The van der Waals surface area contributed by atoms with Gasteiger partial charge >= 0.3 is 5.76 Å². The predicted octanol–water partition coefficient (Wildman–Crippen LogP) is 2.98. The van der Waals surface area contributed by atoms with Crippen LogP contribution in [0.4, 0.5) is 20.2 Å². The first kappa shape index (κ1) is 19.5. The number of nitro groups is 1. The lowest BCUT2D eigenvalue weighted by atomic mass is 9.98. The number of anilines is 1. The second kappa shape index (κ2) is 6.17. The maximum absolute atomic E-state index is 12.7. The third-order valence-corrected chi connectivity index (χ3v) is 5.12. The Bertz CT molecular complexity index is 777. The normalized spacial score (nSPS) is 19.9. The van der Waals surface area contributed by atoms with Crippen molar-refractivity contribution in [2.45, 2.75) is 49.6 Å². The third kappa shape index (κ3) is 4.06. The molecule has 10 heteroatoms. The highest BCUT2D eigenvalue weighted by molar-refractivity contribution is 7.91. The summed E-state index contributed by atoms with van der Waals surface area (Å²) in [5, 5.41) is 11.4. The molecule has 1 heterocycles. The molecule has 0 aliphatic carbocycles. The van der Waals surface area contributed by atoms with Gasteiger partial charge in [0.05, 0.1) is 21.0 Å². The van der Waals surface area contributed by atoms with E-state index in [0.29, 0.717) is 19.2 Å². The standard InChI is InChI=1S/C15H20F2N2O5S/c1-14(2)8-18(9-15(3,4)24-14)11-6-5-10(7-12(11)19(20)21)25(22,23)13(16)17/h5-7,13H,8-9H2,1-4H3. The fourth-order valence-electron chi connectivity index (χ4n) is 3.15. The Hall–Kier alpha value is -1.81. The lowest BCUT2D eigenvalue weighted by Gasteiger charge is -2.47. The molecule has 25 heavy (non-hydrogen) atoms. The van der Waals surface area contributed by atoms with Crippen molar-refractivity contribution in [3.63, 3.8) is 0 Å². The van der Waals surface area contributed by atoms with Crippen LogP contribution in [0.3, 0.4) is 0 Å². The molecule has 0 saturated carbocycles. The summed E-state index contributed by atoms with van der Waals surface area (Å²) in [7, 11) is -4.91. The zero-order valence-corrected chi connectivity index (χ0v) is 15.1. The van der Waals surface area contributed by atoms with Gasteiger partial charge in [0.25, 0.3) is 5.69 Å². The van der Waals surface area contributed by atoms with Gasteiger partial charge in [-0.15, -0.1) is 0 Å². The van der Waals surface area contributed by atoms with Gasteiger partial charge in [0.2, 0.25) is 9.84 Å². The van der Waals surface area contributed by atoms with E-state index in [1.807, 2.05) is 27.7 Å². The molecule has 1 fully saturated rings. The van der Waals surface area contributed by atoms with Crippen molar-refractivity contribution in [3.05, 3.63) is 28.3 Å². The molecule has 0 radical (unpaired) electrons. The zero-order chi connectivity index (χ0) is 19.2. The lowest BCUT2D eigenvalue weighted by molar-refractivity contribution is -0.384. The summed E-state index contributed by atoms with van der Waals surface area (Å²) in [5.41, 5.74) is -1.55. The molecule has 0 bridgehead atoms. The van der Waals surface area contributed by atoms with Gasteiger partial charge < -0.3 is 9.64 Å². The van der Waals surface area contributed by atoms with E-state index in [-0.39, 0.29) is 5.69 Å². The van der Waals surface area contributed by atoms with E-state index >= 15 is 0 Å². The van der Waals surface area contributed by atoms with Crippen LogP contribution in [0, 0.1) is 10.1 Å². The van der Waals surface area contributed by atoms with Crippen LogP contribution in [0.5, 0.6) is 0 Å². The largest absolute Gasteiger partial charge is 0.366 e. The molecule has 0 atom stereocenters.